The molecule has 8 heteroatoms. The smallest absolute Gasteiger partial charge is 0.406 e. The van der Waals surface area contributed by atoms with Crippen LogP contribution in [0.1, 0.15) is 13.8 Å². The van der Waals surface area contributed by atoms with Crippen LogP contribution in [0.3, 0.4) is 0 Å². The maximum absolute atomic E-state index is 12.2. The Morgan fingerprint density at radius 2 is 2.04 bits per heavy atom. The number of anilines is 1. The van der Waals surface area contributed by atoms with Crippen LogP contribution in [0.4, 0.5) is 18.9 Å². The number of halogens is 3. The number of nitrogens with zero attached hydrogens (tertiary/aromatic N) is 1. The molecule has 2 unspecified atom stereocenters. The quantitative estimate of drug-likeness (QED) is 0.921. The van der Waals surface area contributed by atoms with Crippen LogP contribution >= 0.6 is 0 Å². The van der Waals surface area contributed by atoms with Gasteiger partial charge in [-0.25, -0.2) is 0 Å². The summed E-state index contributed by atoms with van der Waals surface area (Å²) in [6.07, 6.45) is -4.66. The summed E-state index contributed by atoms with van der Waals surface area (Å²) in [5.74, 6) is -0.547. The summed E-state index contributed by atoms with van der Waals surface area (Å²) in [5.41, 5.74) is 0.415. The van der Waals surface area contributed by atoms with Crippen LogP contribution in [0.2, 0.25) is 0 Å². The van der Waals surface area contributed by atoms with E-state index in [1.165, 1.54) is 12.1 Å². The second-order valence-corrected chi connectivity index (χ2v) is 5.41. The van der Waals surface area contributed by atoms with Crippen molar-refractivity contribution in [2.24, 2.45) is 0 Å². The van der Waals surface area contributed by atoms with E-state index in [0.29, 0.717) is 25.4 Å². The number of alkyl halides is 3. The van der Waals surface area contributed by atoms with Crippen molar-refractivity contribution in [3.05, 3.63) is 24.3 Å². The molecular weight excluding hydrogens is 313 g/mol. The molecule has 128 valence electrons. The van der Waals surface area contributed by atoms with Crippen molar-refractivity contribution in [1.82, 2.24) is 4.90 Å². The number of hydrogen-bond acceptors (Lipinski definition) is 4. The number of benzene rings is 1. The number of nitrogens with one attached hydrogen (secondary N) is 1. The zero-order chi connectivity index (χ0) is 17.0. The standard InChI is InChI=1S/C15H19F3N2O3/c1-10-9-20(7-8-22-10)11(2)14(21)19-12-3-5-13(6-4-12)23-15(16,17)18/h3-6,10-11H,7-9H2,1-2H3,(H,19,21). The molecule has 0 saturated carbocycles. The highest BCUT2D eigenvalue weighted by atomic mass is 19.4. The van der Waals surface area contributed by atoms with Crippen molar-refractivity contribution in [3.63, 3.8) is 0 Å². The van der Waals surface area contributed by atoms with E-state index in [0.717, 1.165) is 12.1 Å². The summed E-state index contributed by atoms with van der Waals surface area (Å²) in [7, 11) is 0. The topological polar surface area (TPSA) is 50.8 Å². The largest absolute Gasteiger partial charge is 0.573 e. The fourth-order valence-electron chi connectivity index (χ4n) is 2.35. The predicted octanol–water partition coefficient (Wildman–Crippen LogP) is 2.63. The Hall–Kier alpha value is -1.80. The lowest BCUT2D eigenvalue weighted by Gasteiger charge is -2.34. The molecule has 1 saturated heterocycles. The molecule has 1 amide bonds. The van der Waals surface area contributed by atoms with E-state index in [1.807, 2.05) is 11.8 Å². The highest BCUT2D eigenvalue weighted by molar-refractivity contribution is 5.94. The van der Waals surface area contributed by atoms with E-state index in [-0.39, 0.29) is 23.8 Å². The lowest BCUT2D eigenvalue weighted by atomic mass is 10.2. The zero-order valence-corrected chi connectivity index (χ0v) is 12.9. The van der Waals surface area contributed by atoms with Crippen molar-refractivity contribution in [2.45, 2.75) is 32.4 Å². The maximum atomic E-state index is 12.2. The highest BCUT2D eigenvalue weighted by Gasteiger charge is 2.31. The molecule has 1 fully saturated rings. The van der Waals surface area contributed by atoms with Crippen LogP contribution in [-0.2, 0) is 9.53 Å². The highest BCUT2D eigenvalue weighted by Crippen LogP contribution is 2.24. The molecule has 1 aromatic rings. The number of ether oxygens (including phenoxy) is 2. The fourth-order valence-corrected chi connectivity index (χ4v) is 2.35. The van der Waals surface area contributed by atoms with Gasteiger partial charge in [-0.05, 0) is 38.1 Å². The Balaban J connectivity index is 1.91. The molecule has 1 aliphatic heterocycles. The molecule has 0 aromatic heterocycles. The molecule has 0 spiro atoms. The van der Waals surface area contributed by atoms with Crippen LogP contribution in [0.25, 0.3) is 0 Å². The average molecular weight is 332 g/mol. The minimum atomic E-state index is -4.73. The van der Waals surface area contributed by atoms with Crippen LogP contribution in [0.5, 0.6) is 5.75 Å². The summed E-state index contributed by atoms with van der Waals surface area (Å²) >= 11 is 0. The number of carbonyl (C=O) groups is 1. The van der Waals surface area contributed by atoms with Gasteiger partial charge in [-0.15, -0.1) is 13.2 Å². The molecule has 1 aliphatic rings. The third-order valence-electron chi connectivity index (χ3n) is 3.56. The van der Waals surface area contributed by atoms with Crippen molar-refractivity contribution in [3.8, 4) is 5.75 Å². The van der Waals surface area contributed by atoms with Crippen LogP contribution < -0.4 is 10.1 Å². The lowest BCUT2D eigenvalue weighted by Crippen LogP contribution is -2.50. The fraction of sp³-hybridized carbons (Fsp3) is 0.533. The van der Waals surface area contributed by atoms with E-state index in [2.05, 4.69) is 10.1 Å². The Labute approximate surface area is 132 Å². The first kappa shape index (κ1) is 17.6. The van der Waals surface area contributed by atoms with Gasteiger partial charge in [0.05, 0.1) is 18.8 Å². The van der Waals surface area contributed by atoms with E-state index >= 15 is 0 Å². The van der Waals surface area contributed by atoms with Gasteiger partial charge in [0.25, 0.3) is 0 Å². The van der Waals surface area contributed by atoms with Gasteiger partial charge in [0.2, 0.25) is 5.91 Å². The Morgan fingerprint density at radius 1 is 1.39 bits per heavy atom. The molecule has 1 heterocycles. The van der Waals surface area contributed by atoms with Crippen molar-refractivity contribution in [2.75, 3.05) is 25.0 Å². The molecule has 1 aromatic carbocycles. The number of morpholine rings is 1. The summed E-state index contributed by atoms with van der Waals surface area (Å²) in [5, 5.41) is 2.69. The Bertz CT molecular complexity index is 534. The molecule has 0 bridgehead atoms. The molecule has 5 nitrogen and oxygen atoms in total. The molecular formula is C15H19F3N2O3. The lowest BCUT2D eigenvalue weighted by molar-refractivity contribution is -0.274. The van der Waals surface area contributed by atoms with Gasteiger partial charge in [0, 0.05) is 18.8 Å². The first-order valence-electron chi connectivity index (χ1n) is 7.27. The van der Waals surface area contributed by atoms with E-state index in [9.17, 15) is 18.0 Å². The zero-order valence-electron chi connectivity index (χ0n) is 12.9. The normalized spacial score (nSPS) is 20.8. The SMILES string of the molecule is CC1CN(C(C)C(=O)Nc2ccc(OC(F)(F)F)cc2)CCO1. The van der Waals surface area contributed by atoms with E-state index < -0.39 is 6.36 Å². The van der Waals surface area contributed by atoms with Gasteiger partial charge < -0.3 is 14.8 Å². The van der Waals surface area contributed by atoms with Gasteiger partial charge in [0.15, 0.2) is 0 Å². The maximum Gasteiger partial charge on any atom is 0.573 e. The van der Waals surface area contributed by atoms with Gasteiger partial charge in [0.1, 0.15) is 5.75 Å². The van der Waals surface area contributed by atoms with Crippen molar-refractivity contribution >= 4 is 11.6 Å². The van der Waals surface area contributed by atoms with Gasteiger partial charge in [-0.1, -0.05) is 0 Å². The molecule has 23 heavy (non-hydrogen) atoms. The molecule has 2 rings (SSSR count). The minimum Gasteiger partial charge on any atom is -0.406 e. The Kier molecular flexibility index (Phi) is 5.48. The van der Waals surface area contributed by atoms with Crippen LogP contribution in [0, 0.1) is 0 Å². The van der Waals surface area contributed by atoms with Crippen LogP contribution in [0.15, 0.2) is 24.3 Å². The van der Waals surface area contributed by atoms with Crippen molar-refractivity contribution in [1.29, 1.82) is 0 Å². The minimum absolute atomic E-state index is 0.0674. The number of hydrogen-bond donors (Lipinski definition) is 1. The second-order valence-electron chi connectivity index (χ2n) is 5.41. The summed E-state index contributed by atoms with van der Waals surface area (Å²) in [6.45, 7) is 5.62. The monoisotopic (exact) mass is 332 g/mol. The van der Waals surface area contributed by atoms with E-state index in [1.54, 1.807) is 6.92 Å². The van der Waals surface area contributed by atoms with Crippen LogP contribution in [-0.4, -0.2) is 49.0 Å². The third kappa shape index (κ3) is 5.40. The first-order valence-corrected chi connectivity index (χ1v) is 7.27. The summed E-state index contributed by atoms with van der Waals surface area (Å²) in [6, 6.07) is 4.70. The summed E-state index contributed by atoms with van der Waals surface area (Å²) in [4.78, 5) is 14.2. The molecule has 1 N–H and O–H groups in total. The summed E-state index contributed by atoms with van der Waals surface area (Å²) < 4.78 is 45.5. The molecule has 0 aliphatic carbocycles. The van der Waals surface area contributed by atoms with Gasteiger partial charge in [-0.2, -0.15) is 0 Å². The predicted molar refractivity (Wildman–Crippen MR) is 78.2 cm³/mol. The first-order chi connectivity index (χ1) is 10.7. The van der Waals surface area contributed by atoms with E-state index in [4.69, 9.17) is 4.74 Å². The van der Waals surface area contributed by atoms with Crippen molar-refractivity contribution < 1.29 is 27.4 Å². The molecule has 0 radical (unpaired) electrons. The second kappa shape index (κ2) is 7.18. The average Bonchev–Trinajstić information content (AvgIpc) is 2.47. The number of rotatable bonds is 4. The third-order valence-corrected chi connectivity index (χ3v) is 3.56. The molecule has 2 atom stereocenters. The van der Waals surface area contributed by atoms with Gasteiger partial charge in [-0.3, -0.25) is 9.69 Å². The van der Waals surface area contributed by atoms with Gasteiger partial charge >= 0.3 is 6.36 Å². The number of amides is 1. The Morgan fingerprint density at radius 3 is 2.61 bits per heavy atom. The number of carbonyl (C=O) groups excluding carboxylic acids is 1.